The van der Waals surface area contributed by atoms with Crippen LogP contribution in [-0.4, -0.2) is 52.0 Å². The quantitative estimate of drug-likeness (QED) is 0.473. The fourth-order valence-corrected chi connectivity index (χ4v) is 2.92. The zero-order valence-electron chi connectivity index (χ0n) is 16.0. The Balaban J connectivity index is 1.70. The average Bonchev–Trinajstić information content (AvgIpc) is 3.32. The largest absolute Gasteiger partial charge is 0.477 e. The van der Waals surface area contributed by atoms with Crippen LogP contribution in [0.1, 0.15) is 27.3 Å². The first-order valence-corrected chi connectivity index (χ1v) is 8.87. The molecule has 0 aliphatic rings. The van der Waals surface area contributed by atoms with E-state index in [1.54, 1.807) is 61.0 Å². The third-order valence-corrected chi connectivity index (χ3v) is 4.42. The number of carboxylic acid groups (broad SMARTS) is 1. The highest BCUT2D eigenvalue weighted by atomic mass is 16.4. The predicted octanol–water partition coefficient (Wildman–Crippen LogP) is 1.18. The van der Waals surface area contributed by atoms with Crippen LogP contribution in [0.25, 0.3) is 17.5 Å². The van der Waals surface area contributed by atoms with Crippen molar-refractivity contribution in [2.75, 3.05) is 0 Å². The van der Waals surface area contributed by atoms with Gasteiger partial charge >= 0.3 is 5.97 Å². The van der Waals surface area contributed by atoms with Gasteiger partial charge in [-0.2, -0.15) is 5.10 Å². The van der Waals surface area contributed by atoms with Crippen LogP contribution in [0.5, 0.6) is 0 Å². The van der Waals surface area contributed by atoms with Crippen LogP contribution < -0.4 is 5.32 Å². The molecule has 0 aliphatic heterocycles. The molecule has 1 aromatic carbocycles. The SMILES string of the molecule is Cc1nn(-c2ccc3nnnn3n2)c(C)c1/C=C(/NC(=O)c1ccccc1)C(=O)O. The molecule has 4 aromatic rings. The Bertz CT molecular complexity index is 1290. The Morgan fingerprint density at radius 3 is 2.57 bits per heavy atom. The third kappa shape index (κ3) is 3.51. The van der Waals surface area contributed by atoms with Gasteiger partial charge in [-0.05, 0) is 54.6 Å². The van der Waals surface area contributed by atoms with Crippen molar-refractivity contribution in [3.63, 3.8) is 0 Å². The van der Waals surface area contributed by atoms with Gasteiger partial charge < -0.3 is 10.4 Å². The van der Waals surface area contributed by atoms with E-state index in [9.17, 15) is 14.7 Å². The molecule has 0 saturated carbocycles. The summed E-state index contributed by atoms with van der Waals surface area (Å²) in [6.07, 6.45) is 1.38. The van der Waals surface area contributed by atoms with Gasteiger partial charge in [-0.25, -0.2) is 9.48 Å². The lowest BCUT2D eigenvalue weighted by Crippen LogP contribution is -2.27. The van der Waals surface area contributed by atoms with E-state index in [0.29, 0.717) is 34.0 Å². The van der Waals surface area contributed by atoms with E-state index in [0.717, 1.165) is 0 Å². The van der Waals surface area contributed by atoms with Crippen LogP contribution in [0.3, 0.4) is 0 Å². The highest BCUT2D eigenvalue weighted by Gasteiger charge is 2.18. The number of hydrogen-bond donors (Lipinski definition) is 2. The summed E-state index contributed by atoms with van der Waals surface area (Å²) >= 11 is 0. The molecular weight excluding hydrogens is 388 g/mol. The smallest absolute Gasteiger partial charge is 0.352 e. The lowest BCUT2D eigenvalue weighted by Gasteiger charge is -2.07. The molecule has 0 bridgehead atoms. The number of aryl methyl sites for hydroxylation is 1. The Labute approximate surface area is 169 Å². The Hall–Kier alpha value is -4.41. The lowest BCUT2D eigenvalue weighted by atomic mass is 10.1. The van der Waals surface area contributed by atoms with Gasteiger partial charge in [0.05, 0.1) is 11.4 Å². The van der Waals surface area contributed by atoms with Gasteiger partial charge in [0.1, 0.15) is 5.70 Å². The molecule has 3 aromatic heterocycles. The zero-order chi connectivity index (χ0) is 21.3. The minimum absolute atomic E-state index is 0.265. The number of carboxylic acids is 1. The molecule has 11 heteroatoms. The van der Waals surface area contributed by atoms with E-state index < -0.39 is 11.9 Å². The molecule has 0 saturated heterocycles. The predicted molar refractivity (Wildman–Crippen MR) is 105 cm³/mol. The molecule has 0 radical (unpaired) electrons. The Morgan fingerprint density at radius 2 is 1.83 bits per heavy atom. The Morgan fingerprint density at radius 1 is 1.07 bits per heavy atom. The number of fused-ring (bicyclic) bond motifs is 1. The van der Waals surface area contributed by atoms with Crippen LogP contribution in [0.4, 0.5) is 0 Å². The van der Waals surface area contributed by atoms with Crippen molar-refractivity contribution in [2.24, 2.45) is 0 Å². The normalized spacial score (nSPS) is 11.6. The molecule has 150 valence electrons. The van der Waals surface area contributed by atoms with Gasteiger partial charge in [0, 0.05) is 11.1 Å². The van der Waals surface area contributed by atoms with Crippen molar-refractivity contribution in [3.8, 4) is 5.82 Å². The number of amides is 1. The number of carbonyl (C=O) groups is 2. The van der Waals surface area contributed by atoms with Crippen LogP contribution in [0.15, 0.2) is 48.2 Å². The summed E-state index contributed by atoms with van der Waals surface area (Å²) in [5.41, 5.74) is 2.33. The highest BCUT2D eigenvalue weighted by molar-refractivity contribution is 6.02. The molecule has 11 nitrogen and oxygen atoms in total. The number of nitrogens with one attached hydrogen (secondary N) is 1. The number of rotatable bonds is 5. The molecular formula is C19H16N8O3. The summed E-state index contributed by atoms with van der Waals surface area (Å²) in [4.78, 5) is 24.1. The summed E-state index contributed by atoms with van der Waals surface area (Å²) in [6.45, 7) is 3.51. The van der Waals surface area contributed by atoms with Crippen molar-refractivity contribution in [3.05, 3.63) is 70.7 Å². The molecule has 1 amide bonds. The number of nitrogens with zero attached hydrogens (tertiary/aromatic N) is 7. The van der Waals surface area contributed by atoms with E-state index in [1.165, 1.54) is 10.7 Å². The molecule has 3 heterocycles. The summed E-state index contributed by atoms with van der Waals surface area (Å²) in [5, 5.41) is 31.9. The van der Waals surface area contributed by atoms with Crippen molar-refractivity contribution in [2.45, 2.75) is 13.8 Å². The first-order valence-electron chi connectivity index (χ1n) is 8.87. The first-order chi connectivity index (χ1) is 14.4. The number of aliphatic carboxylic acids is 1. The summed E-state index contributed by atoms with van der Waals surface area (Å²) in [7, 11) is 0. The molecule has 2 N–H and O–H groups in total. The molecule has 0 fully saturated rings. The standard InChI is InChI=1S/C19H16N8O3/c1-11-14(10-15(19(29)30)20-18(28)13-6-4-3-5-7-13)12(2)26(22-11)17-9-8-16-21-24-25-27(16)23-17/h3-10H,1-2H3,(H,20,28)(H,29,30)/b15-10+. The van der Waals surface area contributed by atoms with Gasteiger partial charge in [-0.3, -0.25) is 4.79 Å². The second-order valence-electron chi connectivity index (χ2n) is 6.40. The van der Waals surface area contributed by atoms with Crippen molar-refractivity contribution < 1.29 is 14.7 Å². The maximum absolute atomic E-state index is 12.4. The molecule has 4 rings (SSSR count). The van der Waals surface area contributed by atoms with E-state index in [2.05, 4.69) is 31.0 Å². The summed E-state index contributed by atoms with van der Waals surface area (Å²) < 4.78 is 2.82. The van der Waals surface area contributed by atoms with Crippen LogP contribution >= 0.6 is 0 Å². The number of tetrazole rings is 1. The lowest BCUT2D eigenvalue weighted by molar-refractivity contribution is -0.132. The van der Waals surface area contributed by atoms with Gasteiger partial charge in [-0.15, -0.1) is 14.8 Å². The number of hydrogen-bond acceptors (Lipinski definition) is 7. The maximum atomic E-state index is 12.4. The van der Waals surface area contributed by atoms with Crippen LogP contribution in [-0.2, 0) is 4.79 Å². The number of aromatic nitrogens is 7. The van der Waals surface area contributed by atoms with Crippen molar-refractivity contribution in [1.82, 2.24) is 40.4 Å². The van der Waals surface area contributed by atoms with E-state index >= 15 is 0 Å². The van der Waals surface area contributed by atoms with Crippen molar-refractivity contribution >= 4 is 23.6 Å². The second kappa shape index (κ2) is 7.54. The van der Waals surface area contributed by atoms with Gasteiger partial charge in [0.2, 0.25) is 0 Å². The van der Waals surface area contributed by atoms with E-state index in [-0.39, 0.29) is 5.70 Å². The molecule has 0 unspecified atom stereocenters. The third-order valence-electron chi connectivity index (χ3n) is 4.42. The zero-order valence-corrected chi connectivity index (χ0v) is 16.0. The molecule has 0 atom stereocenters. The fourth-order valence-electron chi connectivity index (χ4n) is 2.92. The topological polar surface area (TPSA) is 140 Å². The van der Waals surface area contributed by atoms with E-state index in [1.807, 2.05) is 0 Å². The van der Waals surface area contributed by atoms with Crippen molar-refractivity contribution in [1.29, 1.82) is 0 Å². The summed E-state index contributed by atoms with van der Waals surface area (Å²) in [5.74, 6) is -1.32. The minimum Gasteiger partial charge on any atom is -0.477 e. The molecule has 0 aliphatic carbocycles. The molecule has 30 heavy (non-hydrogen) atoms. The first kappa shape index (κ1) is 18.9. The monoisotopic (exact) mass is 404 g/mol. The van der Waals surface area contributed by atoms with Crippen LogP contribution in [0.2, 0.25) is 0 Å². The Kier molecular flexibility index (Phi) is 4.76. The average molecular weight is 404 g/mol. The van der Waals surface area contributed by atoms with E-state index in [4.69, 9.17) is 0 Å². The number of carbonyl (C=O) groups excluding carboxylic acids is 1. The fraction of sp³-hybridized carbons (Fsp3) is 0.105. The van der Waals surface area contributed by atoms with Crippen LogP contribution in [0, 0.1) is 13.8 Å². The highest BCUT2D eigenvalue weighted by Crippen LogP contribution is 2.19. The molecule has 0 spiro atoms. The van der Waals surface area contributed by atoms with Gasteiger partial charge in [-0.1, -0.05) is 18.2 Å². The number of benzene rings is 1. The minimum atomic E-state index is -1.26. The van der Waals surface area contributed by atoms with Gasteiger partial charge in [0.25, 0.3) is 5.91 Å². The summed E-state index contributed by atoms with van der Waals surface area (Å²) in [6, 6.07) is 11.8. The second-order valence-corrected chi connectivity index (χ2v) is 6.40. The maximum Gasteiger partial charge on any atom is 0.352 e. The van der Waals surface area contributed by atoms with Gasteiger partial charge in [0.15, 0.2) is 11.5 Å².